The average Bonchev–Trinajstić information content (AvgIpc) is 2.52. The van der Waals surface area contributed by atoms with Crippen LogP contribution in [0.25, 0.3) is 0 Å². The Labute approximate surface area is 120 Å². The summed E-state index contributed by atoms with van der Waals surface area (Å²) >= 11 is 0. The molecule has 2 rings (SSSR count). The Hall–Kier alpha value is -2.50. The quantitative estimate of drug-likeness (QED) is 0.861. The summed E-state index contributed by atoms with van der Waals surface area (Å²) in [7, 11) is 1.11. The zero-order valence-corrected chi connectivity index (χ0v) is 11.4. The topological polar surface area (TPSA) is 51.2 Å². The molecule has 0 spiro atoms. The monoisotopic (exact) mass is 292 g/mol. The van der Waals surface area contributed by atoms with E-state index in [1.807, 2.05) is 12.1 Å². The van der Waals surface area contributed by atoms with Crippen molar-refractivity contribution in [3.8, 4) is 0 Å². The lowest BCUT2D eigenvalue weighted by molar-refractivity contribution is 0.0594. The smallest absolute Gasteiger partial charge is 0.340 e. The van der Waals surface area contributed by atoms with Gasteiger partial charge in [0.15, 0.2) is 11.6 Å². The van der Waals surface area contributed by atoms with Crippen LogP contribution in [0.4, 0.5) is 14.5 Å². The molecule has 0 aliphatic carbocycles. The van der Waals surface area contributed by atoms with Crippen molar-refractivity contribution in [2.24, 2.45) is 0 Å². The first-order valence-corrected chi connectivity index (χ1v) is 6.33. The Kier molecular flexibility index (Phi) is 4.81. The Morgan fingerprint density at radius 3 is 2.71 bits per heavy atom. The van der Waals surface area contributed by atoms with Gasteiger partial charge in [0.25, 0.3) is 0 Å². The Morgan fingerprint density at radius 2 is 2.05 bits per heavy atom. The third-order valence-corrected chi connectivity index (χ3v) is 2.91. The largest absolute Gasteiger partial charge is 0.465 e. The number of esters is 1. The molecule has 6 heteroatoms. The van der Waals surface area contributed by atoms with Crippen LogP contribution < -0.4 is 5.32 Å². The molecule has 0 radical (unpaired) electrons. The highest BCUT2D eigenvalue weighted by molar-refractivity contribution is 5.90. The predicted molar refractivity (Wildman–Crippen MR) is 74.1 cm³/mol. The number of anilines is 1. The van der Waals surface area contributed by atoms with E-state index in [9.17, 15) is 13.6 Å². The number of methoxy groups -OCH3 is 1. The number of aromatic nitrogens is 1. The SMILES string of the molecule is COC(=O)c1ccc(NCCc2ccccn2)c(F)c1F. The minimum absolute atomic E-state index is 0.00363. The third kappa shape index (κ3) is 3.53. The number of hydrogen-bond acceptors (Lipinski definition) is 4. The second-order valence-electron chi connectivity index (χ2n) is 4.28. The van der Waals surface area contributed by atoms with E-state index in [1.54, 1.807) is 12.3 Å². The van der Waals surface area contributed by atoms with Gasteiger partial charge in [0.1, 0.15) is 0 Å². The van der Waals surface area contributed by atoms with Crippen molar-refractivity contribution in [3.05, 3.63) is 59.4 Å². The molecule has 1 N–H and O–H groups in total. The van der Waals surface area contributed by atoms with Crippen LogP contribution in [0.2, 0.25) is 0 Å². The summed E-state index contributed by atoms with van der Waals surface area (Å²) < 4.78 is 31.9. The second kappa shape index (κ2) is 6.78. The fraction of sp³-hybridized carbons (Fsp3) is 0.200. The Morgan fingerprint density at radius 1 is 1.24 bits per heavy atom. The molecule has 0 fully saturated rings. The lowest BCUT2D eigenvalue weighted by Crippen LogP contribution is -2.11. The molecule has 0 atom stereocenters. The van der Waals surface area contributed by atoms with E-state index in [2.05, 4.69) is 15.0 Å². The van der Waals surface area contributed by atoms with Crippen molar-refractivity contribution in [2.75, 3.05) is 19.0 Å². The van der Waals surface area contributed by atoms with Gasteiger partial charge in [-0.3, -0.25) is 4.98 Å². The van der Waals surface area contributed by atoms with Crippen LogP contribution in [0, 0.1) is 11.6 Å². The summed E-state index contributed by atoms with van der Waals surface area (Å²) in [6.07, 6.45) is 2.24. The first-order valence-electron chi connectivity index (χ1n) is 6.33. The van der Waals surface area contributed by atoms with E-state index in [0.717, 1.165) is 12.8 Å². The van der Waals surface area contributed by atoms with Crippen molar-refractivity contribution in [2.45, 2.75) is 6.42 Å². The van der Waals surface area contributed by atoms with E-state index < -0.39 is 23.2 Å². The van der Waals surface area contributed by atoms with E-state index >= 15 is 0 Å². The van der Waals surface area contributed by atoms with Crippen molar-refractivity contribution < 1.29 is 18.3 Å². The van der Waals surface area contributed by atoms with Gasteiger partial charge in [0.2, 0.25) is 0 Å². The minimum Gasteiger partial charge on any atom is -0.465 e. The number of pyridine rings is 1. The molecule has 0 amide bonds. The summed E-state index contributed by atoms with van der Waals surface area (Å²) in [5, 5.41) is 2.78. The molecule has 0 saturated heterocycles. The van der Waals surface area contributed by atoms with Gasteiger partial charge in [0.05, 0.1) is 18.4 Å². The second-order valence-corrected chi connectivity index (χ2v) is 4.28. The van der Waals surface area contributed by atoms with Crippen LogP contribution in [0.5, 0.6) is 0 Å². The molecule has 0 bridgehead atoms. The lowest BCUT2D eigenvalue weighted by atomic mass is 10.1. The number of halogens is 2. The summed E-state index contributed by atoms with van der Waals surface area (Å²) in [5.41, 5.74) is 0.415. The van der Waals surface area contributed by atoms with Gasteiger partial charge in [-0.2, -0.15) is 0 Å². The van der Waals surface area contributed by atoms with Crippen LogP contribution in [-0.4, -0.2) is 24.6 Å². The van der Waals surface area contributed by atoms with Crippen LogP contribution in [0.1, 0.15) is 16.1 Å². The number of benzene rings is 1. The van der Waals surface area contributed by atoms with Crippen LogP contribution in [-0.2, 0) is 11.2 Å². The highest BCUT2D eigenvalue weighted by atomic mass is 19.2. The number of nitrogens with one attached hydrogen (secondary N) is 1. The van der Waals surface area contributed by atoms with Gasteiger partial charge in [-0.25, -0.2) is 13.6 Å². The molecule has 2 aromatic rings. The minimum atomic E-state index is -1.22. The van der Waals surface area contributed by atoms with Crippen molar-refractivity contribution in [1.29, 1.82) is 0 Å². The third-order valence-electron chi connectivity index (χ3n) is 2.91. The van der Waals surface area contributed by atoms with Crippen molar-refractivity contribution in [3.63, 3.8) is 0 Å². The van der Waals surface area contributed by atoms with Gasteiger partial charge in [0, 0.05) is 24.9 Å². The highest BCUT2D eigenvalue weighted by Crippen LogP contribution is 2.21. The standard InChI is InChI=1S/C15H14F2N2O2/c1-21-15(20)11-5-6-12(14(17)13(11)16)19-9-7-10-4-2-3-8-18-10/h2-6,8,19H,7,9H2,1H3. The van der Waals surface area contributed by atoms with Gasteiger partial charge in [-0.05, 0) is 24.3 Å². The molecular formula is C15H14F2N2O2. The fourth-order valence-electron chi connectivity index (χ4n) is 1.82. The summed E-state index contributed by atoms with van der Waals surface area (Å²) in [4.78, 5) is 15.4. The summed E-state index contributed by atoms with van der Waals surface area (Å²) in [5.74, 6) is -3.23. The average molecular weight is 292 g/mol. The lowest BCUT2D eigenvalue weighted by Gasteiger charge is -2.09. The van der Waals surface area contributed by atoms with Crippen molar-refractivity contribution >= 4 is 11.7 Å². The molecule has 0 unspecified atom stereocenters. The number of nitrogens with zero attached hydrogens (tertiary/aromatic N) is 1. The Balaban J connectivity index is 2.04. The van der Waals surface area contributed by atoms with E-state index in [0.29, 0.717) is 13.0 Å². The number of carbonyl (C=O) groups is 1. The maximum Gasteiger partial charge on any atom is 0.340 e. The predicted octanol–water partition coefficient (Wildman–Crippen LogP) is 2.80. The molecule has 0 saturated carbocycles. The maximum atomic E-state index is 13.8. The number of rotatable bonds is 5. The molecule has 110 valence electrons. The van der Waals surface area contributed by atoms with Crippen LogP contribution >= 0.6 is 0 Å². The zero-order chi connectivity index (χ0) is 15.2. The molecule has 1 heterocycles. The van der Waals surface area contributed by atoms with Crippen LogP contribution in [0.3, 0.4) is 0 Å². The summed E-state index contributed by atoms with van der Waals surface area (Å²) in [6.45, 7) is 0.394. The van der Waals surface area contributed by atoms with Crippen molar-refractivity contribution in [1.82, 2.24) is 4.98 Å². The number of hydrogen-bond donors (Lipinski definition) is 1. The molecule has 0 aliphatic heterocycles. The fourth-order valence-corrected chi connectivity index (χ4v) is 1.82. The van der Waals surface area contributed by atoms with Gasteiger partial charge in [-0.15, -0.1) is 0 Å². The molecule has 0 aliphatic rings. The van der Waals surface area contributed by atoms with E-state index in [1.165, 1.54) is 12.1 Å². The first-order chi connectivity index (χ1) is 10.1. The normalized spacial score (nSPS) is 10.2. The van der Waals surface area contributed by atoms with E-state index in [-0.39, 0.29) is 5.69 Å². The molecule has 1 aromatic heterocycles. The molecular weight excluding hydrogens is 278 g/mol. The first kappa shape index (κ1) is 14.9. The highest BCUT2D eigenvalue weighted by Gasteiger charge is 2.18. The molecule has 21 heavy (non-hydrogen) atoms. The number of ether oxygens (including phenoxy) is 1. The van der Waals surface area contributed by atoms with Crippen LogP contribution in [0.15, 0.2) is 36.5 Å². The van der Waals surface area contributed by atoms with Gasteiger partial charge < -0.3 is 10.1 Å². The number of carbonyl (C=O) groups excluding carboxylic acids is 1. The molecule has 4 nitrogen and oxygen atoms in total. The van der Waals surface area contributed by atoms with Gasteiger partial charge >= 0.3 is 5.97 Å². The Bertz CT molecular complexity index is 633. The summed E-state index contributed by atoms with van der Waals surface area (Å²) in [6, 6.07) is 8.00. The van der Waals surface area contributed by atoms with Gasteiger partial charge in [-0.1, -0.05) is 6.07 Å². The molecule has 1 aromatic carbocycles. The zero-order valence-electron chi connectivity index (χ0n) is 11.4. The maximum absolute atomic E-state index is 13.8. The van der Waals surface area contributed by atoms with E-state index in [4.69, 9.17) is 0 Å².